The van der Waals surface area contributed by atoms with Crippen LogP contribution in [0.15, 0.2) is 18.2 Å². The first-order chi connectivity index (χ1) is 9.11. The van der Waals surface area contributed by atoms with Gasteiger partial charge in [-0.2, -0.15) is 0 Å². The second-order valence-corrected chi connectivity index (χ2v) is 4.75. The smallest absolute Gasteiger partial charge is 0.251 e. The molecule has 1 saturated heterocycles. The maximum atomic E-state index is 12.0. The predicted molar refractivity (Wildman–Crippen MR) is 74.2 cm³/mol. The highest BCUT2D eigenvalue weighted by Gasteiger charge is 2.22. The summed E-state index contributed by atoms with van der Waals surface area (Å²) in [4.78, 5) is 23.6. The van der Waals surface area contributed by atoms with E-state index in [0.29, 0.717) is 11.3 Å². The Bertz CT molecular complexity index is 493. The fourth-order valence-electron chi connectivity index (χ4n) is 2.17. The molecule has 1 aromatic rings. The van der Waals surface area contributed by atoms with Gasteiger partial charge in [-0.15, -0.1) is 0 Å². The topological polar surface area (TPSA) is 70.2 Å². The zero-order valence-corrected chi connectivity index (χ0v) is 11.2. The summed E-state index contributed by atoms with van der Waals surface area (Å²) < 4.78 is 0. The average Bonchev–Trinajstić information content (AvgIpc) is 2.94. The zero-order valence-electron chi connectivity index (χ0n) is 11.2. The van der Waals surface area contributed by atoms with Gasteiger partial charge in [-0.1, -0.05) is 6.07 Å². The van der Waals surface area contributed by atoms with Crippen LogP contribution in [0.5, 0.6) is 0 Å². The number of aryl methyl sites for hydroxylation is 1. The highest BCUT2D eigenvalue weighted by molar-refractivity contribution is 5.99. The summed E-state index contributed by atoms with van der Waals surface area (Å²) in [7, 11) is 1.59. The number of nitrogens with one attached hydrogen (secondary N) is 3. The van der Waals surface area contributed by atoms with Crippen molar-refractivity contribution in [2.75, 3.05) is 18.9 Å². The van der Waals surface area contributed by atoms with Crippen LogP contribution in [-0.2, 0) is 4.79 Å². The summed E-state index contributed by atoms with van der Waals surface area (Å²) in [6.07, 6.45) is 1.88. The molecule has 0 aromatic heterocycles. The van der Waals surface area contributed by atoms with E-state index in [-0.39, 0.29) is 17.9 Å². The van der Waals surface area contributed by atoms with Gasteiger partial charge in [-0.05, 0) is 44.0 Å². The van der Waals surface area contributed by atoms with Crippen LogP contribution in [0.1, 0.15) is 28.8 Å². The highest BCUT2D eigenvalue weighted by Crippen LogP contribution is 2.18. The van der Waals surface area contributed by atoms with Crippen LogP contribution in [0.3, 0.4) is 0 Å². The van der Waals surface area contributed by atoms with Crippen LogP contribution in [0.4, 0.5) is 5.69 Å². The molecule has 5 nitrogen and oxygen atoms in total. The summed E-state index contributed by atoms with van der Waals surface area (Å²) in [6, 6.07) is 5.17. The van der Waals surface area contributed by atoms with E-state index < -0.39 is 0 Å². The Morgan fingerprint density at radius 3 is 2.79 bits per heavy atom. The molecule has 1 atom stereocenters. The largest absolute Gasteiger partial charge is 0.355 e. The van der Waals surface area contributed by atoms with Crippen LogP contribution in [0.2, 0.25) is 0 Å². The molecule has 1 aliphatic rings. The van der Waals surface area contributed by atoms with E-state index in [1.165, 1.54) is 0 Å². The number of carbonyl (C=O) groups is 2. The molecule has 0 aliphatic carbocycles. The number of rotatable bonds is 3. The van der Waals surface area contributed by atoms with Crippen LogP contribution < -0.4 is 16.0 Å². The Labute approximate surface area is 112 Å². The van der Waals surface area contributed by atoms with Gasteiger partial charge in [-0.25, -0.2) is 0 Å². The molecular formula is C14H19N3O2. The normalized spacial score (nSPS) is 18.1. The maximum absolute atomic E-state index is 12.0. The van der Waals surface area contributed by atoms with Gasteiger partial charge < -0.3 is 16.0 Å². The van der Waals surface area contributed by atoms with E-state index in [1.54, 1.807) is 19.2 Å². The van der Waals surface area contributed by atoms with E-state index in [4.69, 9.17) is 0 Å². The highest BCUT2D eigenvalue weighted by atomic mass is 16.2. The molecule has 1 heterocycles. The van der Waals surface area contributed by atoms with Crippen molar-refractivity contribution < 1.29 is 9.59 Å². The average molecular weight is 261 g/mol. The van der Waals surface area contributed by atoms with Crippen LogP contribution in [0.25, 0.3) is 0 Å². The second kappa shape index (κ2) is 5.84. The first-order valence-electron chi connectivity index (χ1n) is 6.49. The third-order valence-electron chi connectivity index (χ3n) is 3.36. The summed E-state index contributed by atoms with van der Waals surface area (Å²) in [5, 5.41) is 8.62. The Morgan fingerprint density at radius 2 is 2.16 bits per heavy atom. The van der Waals surface area contributed by atoms with Crippen molar-refractivity contribution in [3.63, 3.8) is 0 Å². The fourth-order valence-corrected chi connectivity index (χ4v) is 2.17. The van der Waals surface area contributed by atoms with Crippen molar-refractivity contribution in [3.8, 4) is 0 Å². The monoisotopic (exact) mass is 261 g/mol. The van der Waals surface area contributed by atoms with Gasteiger partial charge >= 0.3 is 0 Å². The van der Waals surface area contributed by atoms with Crippen molar-refractivity contribution in [3.05, 3.63) is 29.3 Å². The van der Waals surface area contributed by atoms with E-state index in [0.717, 1.165) is 24.9 Å². The van der Waals surface area contributed by atoms with Crippen LogP contribution in [0, 0.1) is 6.92 Å². The number of anilines is 1. The van der Waals surface area contributed by atoms with E-state index in [2.05, 4.69) is 16.0 Å². The lowest BCUT2D eigenvalue weighted by atomic mass is 10.1. The minimum absolute atomic E-state index is 0.0327. The number of benzene rings is 1. The van der Waals surface area contributed by atoms with Gasteiger partial charge in [0.05, 0.1) is 6.04 Å². The van der Waals surface area contributed by atoms with Crippen LogP contribution >= 0.6 is 0 Å². The van der Waals surface area contributed by atoms with Crippen molar-refractivity contribution in [2.45, 2.75) is 25.8 Å². The molecule has 1 fully saturated rings. The summed E-state index contributed by atoms with van der Waals surface area (Å²) in [6.45, 7) is 2.79. The van der Waals surface area contributed by atoms with Crippen molar-refractivity contribution >= 4 is 17.5 Å². The Hall–Kier alpha value is -1.88. The molecule has 0 radical (unpaired) electrons. The number of carbonyl (C=O) groups excluding carboxylic acids is 2. The molecule has 2 amide bonds. The maximum Gasteiger partial charge on any atom is 0.251 e. The lowest BCUT2D eigenvalue weighted by molar-refractivity contribution is -0.117. The molecule has 0 unspecified atom stereocenters. The minimum Gasteiger partial charge on any atom is -0.355 e. The summed E-state index contributed by atoms with van der Waals surface area (Å²) in [5.41, 5.74) is 2.18. The number of amides is 2. The van der Waals surface area contributed by atoms with Gasteiger partial charge in [0, 0.05) is 18.3 Å². The molecule has 1 aromatic carbocycles. The summed E-state index contributed by atoms with van der Waals surface area (Å²) >= 11 is 0. The zero-order chi connectivity index (χ0) is 13.8. The predicted octanol–water partition coefficient (Wildman–Crippen LogP) is 1.05. The third kappa shape index (κ3) is 3.12. The van der Waals surface area contributed by atoms with E-state index >= 15 is 0 Å². The van der Waals surface area contributed by atoms with E-state index in [9.17, 15) is 9.59 Å². The second-order valence-electron chi connectivity index (χ2n) is 4.75. The van der Waals surface area contributed by atoms with Crippen molar-refractivity contribution in [1.82, 2.24) is 10.6 Å². The molecule has 3 N–H and O–H groups in total. The van der Waals surface area contributed by atoms with Gasteiger partial charge in [0.1, 0.15) is 0 Å². The van der Waals surface area contributed by atoms with Crippen LogP contribution in [-0.4, -0.2) is 31.4 Å². The molecule has 19 heavy (non-hydrogen) atoms. The SMILES string of the molecule is CNC(=O)c1ccc(C)c(NC(=O)[C@H]2CCCN2)c1. The quantitative estimate of drug-likeness (QED) is 0.761. The summed E-state index contributed by atoms with van der Waals surface area (Å²) in [5.74, 6) is -0.191. The standard InChI is InChI=1S/C14H19N3O2/c1-9-5-6-10(13(18)15-2)8-12(9)17-14(19)11-4-3-7-16-11/h5-6,8,11,16H,3-4,7H2,1-2H3,(H,15,18)(H,17,19)/t11-/m1/s1. The van der Waals surface area contributed by atoms with Gasteiger partial charge in [0.2, 0.25) is 5.91 Å². The Morgan fingerprint density at radius 1 is 1.37 bits per heavy atom. The first kappa shape index (κ1) is 13.5. The Balaban J connectivity index is 2.14. The molecule has 5 heteroatoms. The van der Waals surface area contributed by atoms with Gasteiger partial charge in [0.25, 0.3) is 5.91 Å². The Kier molecular flexibility index (Phi) is 4.16. The third-order valence-corrected chi connectivity index (χ3v) is 3.36. The van der Waals surface area contributed by atoms with Gasteiger partial charge in [-0.3, -0.25) is 9.59 Å². The molecule has 0 bridgehead atoms. The van der Waals surface area contributed by atoms with E-state index in [1.807, 2.05) is 13.0 Å². The molecule has 0 spiro atoms. The van der Waals surface area contributed by atoms with Crippen molar-refractivity contribution in [2.24, 2.45) is 0 Å². The number of hydrogen-bond donors (Lipinski definition) is 3. The molecule has 102 valence electrons. The first-order valence-corrected chi connectivity index (χ1v) is 6.49. The molecule has 1 aliphatic heterocycles. The fraction of sp³-hybridized carbons (Fsp3) is 0.429. The lowest BCUT2D eigenvalue weighted by Gasteiger charge is -2.14. The lowest BCUT2D eigenvalue weighted by Crippen LogP contribution is -2.35. The number of hydrogen-bond acceptors (Lipinski definition) is 3. The molecule has 0 saturated carbocycles. The molecule has 2 rings (SSSR count). The minimum atomic E-state index is -0.158. The molecular weight excluding hydrogens is 242 g/mol. The van der Waals surface area contributed by atoms with Gasteiger partial charge in [0.15, 0.2) is 0 Å². The van der Waals surface area contributed by atoms with Crippen molar-refractivity contribution in [1.29, 1.82) is 0 Å².